The van der Waals surface area contributed by atoms with Gasteiger partial charge in [0.05, 0.1) is 5.69 Å². The van der Waals surface area contributed by atoms with Crippen molar-refractivity contribution in [2.24, 2.45) is 0 Å². The van der Waals surface area contributed by atoms with Crippen molar-refractivity contribution in [1.82, 2.24) is 14.6 Å². The summed E-state index contributed by atoms with van der Waals surface area (Å²) in [6.45, 7) is 10.5. The van der Waals surface area contributed by atoms with Crippen LogP contribution in [0, 0.1) is 13.8 Å². The van der Waals surface area contributed by atoms with E-state index in [0.29, 0.717) is 0 Å². The first-order valence-corrected chi connectivity index (χ1v) is 6.53. The Hall–Kier alpha value is -1.64. The molecule has 0 saturated heterocycles. The van der Waals surface area contributed by atoms with Crippen LogP contribution in [0.15, 0.2) is 17.7 Å². The van der Waals surface area contributed by atoms with Gasteiger partial charge in [-0.1, -0.05) is 18.6 Å². The van der Waals surface area contributed by atoms with E-state index in [9.17, 15) is 0 Å². The zero-order valence-electron chi connectivity index (χ0n) is 11.9. The molecule has 0 aliphatic heterocycles. The van der Waals surface area contributed by atoms with Gasteiger partial charge in [-0.2, -0.15) is 5.10 Å². The summed E-state index contributed by atoms with van der Waals surface area (Å²) in [5.41, 5.74) is 7.03. The maximum atomic E-state index is 4.69. The lowest BCUT2D eigenvalue weighted by Crippen LogP contribution is -1.98. The van der Waals surface area contributed by atoms with Crippen molar-refractivity contribution in [3.63, 3.8) is 0 Å². The Labute approximate surface area is 109 Å². The molecular formula is C15H21N3. The number of hydrogen-bond donors (Lipinski definition) is 0. The highest BCUT2D eigenvalue weighted by Gasteiger charge is 2.14. The van der Waals surface area contributed by atoms with Crippen LogP contribution in [0.1, 0.15) is 43.4 Å². The largest absolute Gasteiger partial charge is 0.234 e. The van der Waals surface area contributed by atoms with Crippen LogP contribution in [-0.4, -0.2) is 14.6 Å². The minimum absolute atomic E-state index is 0.944. The smallest absolute Gasteiger partial charge is 0.159 e. The zero-order chi connectivity index (χ0) is 13.3. The highest BCUT2D eigenvalue weighted by atomic mass is 15.3. The van der Waals surface area contributed by atoms with Gasteiger partial charge in [-0.3, -0.25) is 0 Å². The first kappa shape index (κ1) is 12.8. The van der Waals surface area contributed by atoms with Crippen molar-refractivity contribution in [2.45, 2.75) is 47.5 Å². The molecular weight excluding hydrogens is 222 g/mol. The number of hydrogen-bond acceptors (Lipinski definition) is 2. The predicted octanol–water partition coefficient (Wildman–Crippen LogP) is 3.42. The van der Waals surface area contributed by atoms with Crippen LogP contribution in [0.4, 0.5) is 0 Å². The average Bonchev–Trinajstić information content (AvgIpc) is 2.68. The number of aromatic nitrogens is 3. The monoisotopic (exact) mass is 243 g/mol. The molecule has 96 valence electrons. The molecule has 3 heteroatoms. The number of nitrogens with zero attached hydrogens (tertiary/aromatic N) is 3. The van der Waals surface area contributed by atoms with Gasteiger partial charge in [0.2, 0.25) is 0 Å². The Morgan fingerprint density at radius 3 is 2.72 bits per heavy atom. The summed E-state index contributed by atoms with van der Waals surface area (Å²) in [5.74, 6) is 0. The second-order valence-electron chi connectivity index (χ2n) is 4.86. The molecule has 0 aliphatic rings. The third-order valence-electron chi connectivity index (χ3n) is 3.36. The SMILES string of the molecule is CC=C(C)Cc1c(CC)nn2c(C)cc(C)nc12. The minimum Gasteiger partial charge on any atom is -0.234 e. The summed E-state index contributed by atoms with van der Waals surface area (Å²) < 4.78 is 1.98. The molecule has 18 heavy (non-hydrogen) atoms. The number of fused-ring (bicyclic) bond motifs is 1. The standard InChI is InChI=1S/C15H21N3/c1-6-10(3)8-13-14(7-2)17-18-12(5)9-11(4)16-15(13)18/h6,9H,7-8H2,1-5H3. The Bertz CT molecular complexity index is 606. The van der Waals surface area contributed by atoms with E-state index in [2.05, 4.69) is 49.9 Å². The van der Waals surface area contributed by atoms with E-state index >= 15 is 0 Å². The Balaban J connectivity index is 2.68. The molecule has 3 nitrogen and oxygen atoms in total. The fourth-order valence-corrected chi connectivity index (χ4v) is 2.25. The molecule has 0 bridgehead atoms. The van der Waals surface area contributed by atoms with Gasteiger partial charge in [-0.05, 0) is 46.6 Å². The van der Waals surface area contributed by atoms with Crippen LogP contribution < -0.4 is 0 Å². The van der Waals surface area contributed by atoms with E-state index < -0.39 is 0 Å². The van der Waals surface area contributed by atoms with Gasteiger partial charge in [-0.15, -0.1) is 0 Å². The molecule has 0 amide bonds. The van der Waals surface area contributed by atoms with Crippen LogP contribution in [0.2, 0.25) is 0 Å². The third-order valence-corrected chi connectivity index (χ3v) is 3.36. The first-order chi connectivity index (χ1) is 8.56. The van der Waals surface area contributed by atoms with E-state index in [1.54, 1.807) is 0 Å². The van der Waals surface area contributed by atoms with E-state index in [4.69, 9.17) is 0 Å². The van der Waals surface area contributed by atoms with Crippen LogP contribution >= 0.6 is 0 Å². The summed E-state index contributed by atoms with van der Waals surface area (Å²) >= 11 is 0. The highest BCUT2D eigenvalue weighted by molar-refractivity contribution is 5.53. The molecule has 0 fully saturated rings. The zero-order valence-corrected chi connectivity index (χ0v) is 11.9. The van der Waals surface area contributed by atoms with Crippen molar-refractivity contribution in [2.75, 3.05) is 0 Å². The van der Waals surface area contributed by atoms with Gasteiger partial charge in [0.15, 0.2) is 5.65 Å². The van der Waals surface area contributed by atoms with E-state index in [0.717, 1.165) is 35.6 Å². The van der Waals surface area contributed by atoms with E-state index in [1.165, 1.54) is 11.1 Å². The van der Waals surface area contributed by atoms with Gasteiger partial charge < -0.3 is 0 Å². The summed E-state index contributed by atoms with van der Waals surface area (Å²) in [6, 6.07) is 2.08. The van der Waals surface area contributed by atoms with Crippen LogP contribution in [-0.2, 0) is 12.8 Å². The molecule has 0 spiro atoms. The fraction of sp³-hybridized carbons (Fsp3) is 0.467. The maximum absolute atomic E-state index is 4.69. The summed E-state index contributed by atoms with van der Waals surface area (Å²) in [7, 11) is 0. The van der Waals surface area contributed by atoms with Gasteiger partial charge in [0.25, 0.3) is 0 Å². The van der Waals surface area contributed by atoms with Crippen molar-refractivity contribution in [3.05, 3.63) is 40.4 Å². The molecule has 2 aromatic heterocycles. The molecule has 0 saturated carbocycles. The fourth-order valence-electron chi connectivity index (χ4n) is 2.25. The minimum atomic E-state index is 0.944. The predicted molar refractivity (Wildman–Crippen MR) is 75.0 cm³/mol. The number of aryl methyl sites for hydroxylation is 3. The quantitative estimate of drug-likeness (QED) is 0.773. The maximum Gasteiger partial charge on any atom is 0.159 e. The Morgan fingerprint density at radius 1 is 1.39 bits per heavy atom. The molecule has 0 radical (unpaired) electrons. The van der Waals surface area contributed by atoms with E-state index in [-0.39, 0.29) is 0 Å². The van der Waals surface area contributed by atoms with Crippen molar-refractivity contribution in [3.8, 4) is 0 Å². The number of rotatable bonds is 3. The third kappa shape index (κ3) is 2.17. The topological polar surface area (TPSA) is 30.2 Å². The summed E-state index contributed by atoms with van der Waals surface area (Å²) in [4.78, 5) is 4.67. The first-order valence-electron chi connectivity index (χ1n) is 6.53. The lowest BCUT2D eigenvalue weighted by molar-refractivity contribution is 0.849. The van der Waals surface area contributed by atoms with Gasteiger partial charge in [-0.25, -0.2) is 9.50 Å². The second-order valence-corrected chi connectivity index (χ2v) is 4.86. The molecule has 2 heterocycles. The molecule has 0 atom stereocenters. The molecule has 0 aliphatic carbocycles. The Kier molecular flexibility index (Phi) is 3.50. The van der Waals surface area contributed by atoms with Gasteiger partial charge >= 0.3 is 0 Å². The summed E-state index contributed by atoms with van der Waals surface area (Å²) in [6.07, 6.45) is 4.05. The van der Waals surface area contributed by atoms with Crippen LogP contribution in [0.5, 0.6) is 0 Å². The Morgan fingerprint density at radius 2 is 2.11 bits per heavy atom. The lowest BCUT2D eigenvalue weighted by Gasteiger charge is -2.03. The number of allylic oxidation sites excluding steroid dienone is 2. The van der Waals surface area contributed by atoms with E-state index in [1.807, 2.05) is 11.4 Å². The molecule has 0 N–H and O–H groups in total. The molecule has 0 aromatic carbocycles. The average molecular weight is 243 g/mol. The van der Waals surface area contributed by atoms with Crippen molar-refractivity contribution >= 4 is 5.65 Å². The van der Waals surface area contributed by atoms with Crippen molar-refractivity contribution < 1.29 is 0 Å². The normalized spacial score (nSPS) is 12.4. The second kappa shape index (κ2) is 4.92. The molecule has 0 unspecified atom stereocenters. The highest BCUT2D eigenvalue weighted by Crippen LogP contribution is 2.20. The lowest BCUT2D eigenvalue weighted by atomic mass is 10.1. The van der Waals surface area contributed by atoms with Crippen LogP contribution in [0.25, 0.3) is 5.65 Å². The molecule has 2 rings (SSSR count). The summed E-state index contributed by atoms with van der Waals surface area (Å²) in [5, 5.41) is 4.69. The van der Waals surface area contributed by atoms with Crippen LogP contribution in [0.3, 0.4) is 0 Å². The van der Waals surface area contributed by atoms with Gasteiger partial charge in [0, 0.05) is 17.0 Å². The van der Waals surface area contributed by atoms with Gasteiger partial charge in [0.1, 0.15) is 0 Å². The molecule has 2 aromatic rings. The van der Waals surface area contributed by atoms with Crippen molar-refractivity contribution in [1.29, 1.82) is 0 Å².